The van der Waals surface area contributed by atoms with Crippen molar-refractivity contribution >= 4 is 12.6 Å². The van der Waals surface area contributed by atoms with Crippen LogP contribution in [-0.4, -0.2) is 22.2 Å². The zero-order valence-corrected chi connectivity index (χ0v) is 6.94. The van der Waals surface area contributed by atoms with Crippen LogP contribution in [0, 0.1) is 5.82 Å². The number of nitrogens with zero attached hydrogens (tertiary/aromatic N) is 1. The van der Waals surface area contributed by atoms with Crippen molar-refractivity contribution in [3.8, 4) is 0 Å². The molecule has 1 aliphatic rings. The van der Waals surface area contributed by atoms with Gasteiger partial charge in [-0.25, -0.2) is 4.39 Å². The molecule has 68 valence electrons. The molecule has 5 heteroatoms. The number of aromatic nitrogens is 1. The standard InChI is InChI=1S/C8H9BFNO2/c10-7-3-8(5-1-2-5)11-4-6(7)9(12)13/h3-5,12-13H,1-2H2. The number of pyridine rings is 1. The van der Waals surface area contributed by atoms with E-state index in [4.69, 9.17) is 10.0 Å². The maximum absolute atomic E-state index is 13.1. The van der Waals surface area contributed by atoms with E-state index in [2.05, 4.69) is 4.98 Å². The molecule has 0 aromatic carbocycles. The van der Waals surface area contributed by atoms with E-state index in [-0.39, 0.29) is 5.46 Å². The van der Waals surface area contributed by atoms with Crippen molar-refractivity contribution in [3.05, 3.63) is 23.8 Å². The van der Waals surface area contributed by atoms with Gasteiger partial charge in [-0.05, 0) is 18.9 Å². The molecule has 0 bridgehead atoms. The Morgan fingerprint density at radius 1 is 1.46 bits per heavy atom. The van der Waals surface area contributed by atoms with E-state index in [0.717, 1.165) is 12.8 Å². The van der Waals surface area contributed by atoms with Crippen LogP contribution in [0.15, 0.2) is 12.3 Å². The van der Waals surface area contributed by atoms with Gasteiger partial charge in [0.1, 0.15) is 5.82 Å². The summed E-state index contributed by atoms with van der Waals surface area (Å²) in [6, 6.07) is 1.28. The monoisotopic (exact) mass is 181 g/mol. The minimum Gasteiger partial charge on any atom is -0.423 e. The lowest BCUT2D eigenvalue weighted by molar-refractivity contribution is 0.422. The minimum absolute atomic E-state index is 0.163. The molecule has 13 heavy (non-hydrogen) atoms. The molecule has 1 aliphatic carbocycles. The molecule has 0 saturated heterocycles. The highest BCUT2D eigenvalue weighted by molar-refractivity contribution is 6.58. The summed E-state index contributed by atoms with van der Waals surface area (Å²) < 4.78 is 13.1. The van der Waals surface area contributed by atoms with Crippen LogP contribution in [0.2, 0.25) is 0 Å². The van der Waals surface area contributed by atoms with E-state index >= 15 is 0 Å². The lowest BCUT2D eigenvalue weighted by Crippen LogP contribution is -2.33. The average Bonchev–Trinajstić information content (AvgIpc) is 2.85. The Morgan fingerprint density at radius 2 is 2.15 bits per heavy atom. The van der Waals surface area contributed by atoms with Crippen LogP contribution in [-0.2, 0) is 0 Å². The van der Waals surface area contributed by atoms with E-state index in [1.54, 1.807) is 0 Å². The summed E-state index contributed by atoms with van der Waals surface area (Å²) in [6.45, 7) is 0. The molecule has 3 nitrogen and oxygen atoms in total. The topological polar surface area (TPSA) is 53.4 Å². The van der Waals surface area contributed by atoms with E-state index in [9.17, 15) is 4.39 Å². The van der Waals surface area contributed by atoms with Crippen molar-refractivity contribution < 1.29 is 14.4 Å². The van der Waals surface area contributed by atoms with Gasteiger partial charge < -0.3 is 10.0 Å². The smallest absolute Gasteiger partial charge is 0.423 e. The Bertz CT molecular complexity index is 328. The minimum atomic E-state index is -1.78. The van der Waals surface area contributed by atoms with E-state index in [1.165, 1.54) is 12.3 Å². The summed E-state index contributed by atoms with van der Waals surface area (Å²) in [5, 5.41) is 17.5. The first-order valence-corrected chi connectivity index (χ1v) is 4.20. The SMILES string of the molecule is OB(O)c1cnc(C2CC2)cc1F. The molecule has 1 aromatic heterocycles. The van der Waals surface area contributed by atoms with Crippen LogP contribution in [0.5, 0.6) is 0 Å². The van der Waals surface area contributed by atoms with Crippen molar-refractivity contribution in [2.45, 2.75) is 18.8 Å². The highest BCUT2D eigenvalue weighted by Crippen LogP contribution is 2.38. The third-order valence-electron chi connectivity index (χ3n) is 2.18. The molecule has 1 heterocycles. The van der Waals surface area contributed by atoms with Crippen molar-refractivity contribution in [2.24, 2.45) is 0 Å². The normalized spacial score (nSPS) is 15.9. The zero-order valence-electron chi connectivity index (χ0n) is 6.94. The summed E-state index contributed by atoms with van der Waals surface area (Å²) in [7, 11) is -1.78. The molecular weight excluding hydrogens is 172 g/mol. The molecule has 0 radical (unpaired) electrons. The van der Waals surface area contributed by atoms with Gasteiger partial charge in [-0.3, -0.25) is 4.98 Å². The Labute approximate surface area is 75.4 Å². The number of rotatable bonds is 2. The maximum Gasteiger partial charge on any atom is 0.493 e. The quantitative estimate of drug-likeness (QED) is 0.620. The Kier molecular flexibility index (Phi) is 2.05. The lowest BCUT2D eigenvalue weighted by atomic mass is 9.81. The molecule has 0 unspecified atom stereocenters. The molecule has 1 fully saturated rings. The Balaban J connectivity index is 2.31. The predicted molar refractivity (Wildman–Crippen MR) is 46.0 cm³/mol. The van der Waals surface area contributed by atoms with Crippen LogP contribution in [0.3, 0.4) is 0 Å². The lowest BCUT2D eigenvalue weighted by Gasteiger charge is -2.02. The maximum atomic E-state index is 13.1. The third kappa shape index (κ3) is 1.71. The van der Waals surface area contributed by atoms with Gasteiger partial charge in [0.15, 0.2) is 0 Å². The summed E-state index contributed by atoms with van der Waals surface area (Å²) in [5.41, 5.74) is 0.548. The van der Waals surface area contributed by atoms with Gasteiger partial charge in [0.2, 0.25) is 0 Å². The molecule has 2 N–H and O–H groups in total. The molecule has 0 atom stereocenters. The van der Waals surface area contributed by atoms with Crippen LogP contribution < -0.4 is 5.46 Å². The first-order valence-electron chi connectivity index (χ1n) is 4.20. The highest BCUT2D eigenvalue weighted by atomic mass is 19.1. The molecule has 0 amide bonds. The second kappa shape index (κ2) is 3.08. The fourth-order valence-electron chi connectivity index (χ4n) is 1.25. The third-order valence-corrected chi connectivity index (χ3v) is 2.18. The first-order chi connectivity index (χ1) is 6.18. The van der Waals surface area contributed by atoms with Crippen molar-refractivity contribution in [1.82, 2.24) is 4.98 Å². The summed E-state index contributed by atoms with van der Waals surface area (Å²) in [5.74, 6) is -0.216. The van der Waals surface area contributed by atoms with Gasteiger partial charge >= 0.3 is 7.12 Å². The molecule has 1 saturated carbocycles. The second-order valence-electron chi connectivity index (χ2n) is 3.28. The van der Waals surface area contributed by atoms with Crippen molar-refractivity contribution in [3.63, 3.8) is 0 Å². The Hall–Kier alpha value is -0.935. The van der Waals surface area contributed by atoms with Crippen molar-refractivity contribution in [2.75, 3.05) is 0 Å². The number of hydrogen-bond acceptors (Lipinski definition) is 3. The van der Waals surface area contributed by atoms with Crippen molar-refractivity contribution in [1.29, 1.82) is 0 Å². The van der Waals surface area contributed by atoms with E-state index in [0.29, 0.717) is 11.6 Å². The predicted octanol–water partition coefficient (Wildman–Crippen LogP) is -0.222. The fraction of sp³-hybridized carbons (Fsp3) is 0.375. The summed E-state index contributed by atoms with van der Waals surface area (Å²) in [6.07, 6.45) is 3.29. The molecule has 0 spiro atoms. The van der Waals surface area contributed by atoms with Gasteiger partial charge in [0.05, 0.1) is 0 Å². The second-order valence-corrected chi connectivity index (χ2v) is 3.28. The summed E-state index contributed by atoms with van der Waals surface area (Å²) >= 11 is 0. The Morgan fingerprint density at radius 3 is 2.62 bits per heavy atom. The van der Waals surface area contributed by atoms with E-state index in [1.807, 2.05) is 0 Å². The largest absolute Gasteiger partial charge is 0.493 e. The van der Waals surface area contributed by atoms with Gasteiger partial charge in [-0.15, -0.1) is 0 Å². The summed E-state index contributed by atoms with van der Waals surface area (Å²) in [4.78, 5) is 3.96. The van der Waals surface area contributed by atoms with Gasteiger partial charge in [-0.2, -0.15) is 0 Å². The van der Waals surface area contributed by atoms with Crippen LogP contribution >= 0.6 is 0 Å². The van der Waals surface area contributed by atoms with Gasteiger partial charge in [0, 0.05) is 23.3 Å². The van der Waals surface area contributed by atoms with E-state index < -0.39 is 12.9 Å². The highest BCUT2D eigenvalue weighted by Gasteiger charge is 2.27. The van der Waals surface area contributed by atoms with Crippen LogP contribution in [0.25, 0.3) is 0 Å². The zero-order chi connectivity index (χ0) is 9.42. The number of halogens is 1. The van der Waals surface area contributed by atoms with Crippen LogP contribution in [0.4, 0.5) is 4.39 Å². The average molecular weight is 181 g/mol. The fourth-order valence-corrected chi connectivity index (χ4v) is 1.25. The molecule has 1 aromatic rings. The first kappa shape index (κ1) is 8.65. The molecular formula is C8H9BFNO2. The van der Waals surface area contributed by atoms with Gasteiger partial charge in [0.25, 0.3) is 0 Å². The number of hydrogen-bond donors (Lipinski definition) is 2. The van der Waals surface area contributed by atoms with Crippen LogP contribution in [0.1, 0.15) is 24.5 Å². The molecule has 0 aliphatic heterocycles. The van der Waals surface area contributed by atoms with Gasteiger partial charge in [-0.1, -0.05) is 0 Å². The molecule has 2 rings (SSSR count).